The summed E-state index contributed by atoms with van der Waals surface area (Å²) in [7, 11) is 1.64. The van der Waals surface area contributed by atoms with Crippen LogP contribution in [0.5, 0.6) is 0 Å². The van der Waals surface area contributed by atoms with Crippen LogP contribution in [0, 0.1) is 0 Å². The van der Waals surface area contributed by atoms with E-state index >= 15 is 0 Å². The first-order valence-corrected chi connectivity index (χ1v) is 10.6. The van der Waals surface area contributed by atoms with Gasteiger partial charge in [-0.25, -0.2) is 0 Å². The molecule has 1 fully saturated rings. The third kappa shape index (κ3) is 5.42. The van der Waals surface area contributed by atoms with Gasteiger partial charge < -0.3 is 0 Å². The van der Waals surface area contributed by atoms with Crippen molar-refractivity contribution in [3.8, 4) is 0 Å². The minimum absolute atomic E-state index is 0.206. The standard InChI is InChI=1S/C15H20BrClIN2O4/c1-15(2,3)24-14(21)20-5-6-23-12(13(20)18-22-4)9-7-10(16)19-11(17)8-9/h7-8,12-13H,5-6H2,1-4H3/q-1/t12-,13+/m1/s1. The number of amides is 1. The molecule has 0 radical (unpaired) electrons. The molecule has 0 N–H and O–H groups in total. The Morgan fingerprint density at radius 2 is 2.21 bits per heavy atom. The molecule has 0 unspecified atom stereocenters. The molecule has 9 heteroatoms. The summed E-state index contributed by atoms with van der Waals surface area (Å²) in [5.41, 5.74) is 0.306. The van der Waals surface area contributed by atoms with Crippen LogP contribution in [0.1, 0.15) is 32.4 Å². The zero-order valence-corrected chi connectivity index (χ0v) is 18.4. The number of morpholine rings is 1. The molecule has 6 nitrogen and oxygen atoms in total. The molecule has 0 saturated carbocycles. The second kappa shape index (κ2) is 8.48. The van der Waals surface area contributed by atoms with Gasteiger partial charge in [0.1, 0.15) is 0 Å². The Morgan fingerprint density at radius 3 is 2.79 bits per heavy atom. The minimum atomic E-state index is -0.774. The van der Waals surface area contributed by atoms with Gasteiger partial charge in [-0.2, -0.15) is 0 Å². The maximum atomic E-state index is 12.6. The Kier molecular flexibility index (Phi) is 7.12. The topological polar surface area (TPSA) is 60.9 Å². The van der Waals surface area contributed by atoms with Gasteiger partial charge in [-0.3, -0.25) is 0 Å². The fraction of sp³-hybridized carbons (Fsp3) is 0.600. The molecule has 0 aliphatic carbocycles. The van der Waals surface area contributed by atoms with Crippen molar-refractivity contribution in [2.75, 3.05) is 20.3 Å². The second-order valence-electron chi connectivity index (χ2n) is 6.13. The number of ether oxygens (including phenoxy) is 2. The van der Waals surface area contributed by atoms with E-state index in [0.717, 1.165) is 5.56 Å². The van der Waals surface area contributed by atoms with Crippen molar-refractivity contribution in [2.24, 2.45) is 0 Å². The summed E-state index contributed by atoms with van der Waals surface area (Å²) in [4.78, 5) is 18.4. The van der Waals surface area contributed by atoms with Crippen LogP contribution in [0.15, 0.2) is 16.7 Å². The van der Waals surface area contributed by atoms with E-state index in [1.165, 1.54) is 0 Å². The first-order chi connectivity index (χ1) is 11.2. The molecule has 1 saturated heterocycles. The molecule has 2 rings (SSSR count). The van der Waals surface area contributed by atoms with Crippen molar-refractivity contribution in [2.45, 2.75) is 36.5 Å². The molecule has 0 aromatic carbocycles. The first kappa shape index (κ1) is 20.2. The summed E-state index contributed by atoms with van der Waals surface area (Å²) in [6.07, 6.45) is -0.674. The Bertz CT molecular complexity index is 579. The average Bonchev–Trinajstić information content (AvgIpc) is 2.44. The molecule has 1 aromatic rings. The zero-order valence-electron chi connectivity index (χ0n) is 13.9. The molecular weight excluding hydrogens is 514 g/mol. The van der Waals surface area contributed by atoms with Gasteiger partial charge in [0.25, 0.3) is 0 Å². The van der Waals surface area contributed by atoms with Crippen LogP contribution >= 0.6 is 27.5 Å². The Morgan fingerprint density at radius 1 is 1.50 bits per heavy atom. The molecule has 0 bridgehead atoms. The van der Waals surface area contributed by atoms with Gasteiger partial charge in [-0.15, -0.1) is 0 Å². The average molecular weight is 535 g/mol. The van der Waals surface area contributed by atoms with E-state index in [1.54, 1.807) is 18.1 Å². The second-order valence-corrected chi connectivity index (χ2v) is 9.99. The van der Waals surface area contributed by atoms with Crippen LogP contribution in [-0.2, 0) is 12.5 Å². The SMILES string of the molecule is CO[I-][C@@H]1[C@@H](c2cc(Cl)nc(Br)c2)OCCN1C(=O)OC(C)(C)C. The number of pyridine rings is 1. The summed E-state index contributed by atoms with van der Waals surface area (Å²) in [5.74, 6) is 0. The maximum absolute atomic E-state index is 12.6. The Hall–Kier alpha value is -0.160. The van der Waals surface area contributed by atoms with Crippen molar-refractivity contribution < 1.29 is 39.0 Å². The summed E-state index contributed by atoms with van der Waals surface area (Å²) in [6, 6.07) is 3.60. The number of hydrogen-bond donors (Lipinski definition) is 0. The number of nitrogens with zero attached hydrogens (tertiary/aromatic N) is 2. The van der Waals surface area contributed by atoms with Crippen molar-refractivity contribution >= 4 is 33.6 Å². The van der Waals surface area contributed by atoms with Gasteiger partial charge in [-0.05, 0) is 0 Å². The van der Waals surface area contributed by atoms with Gasteiger partial charge >= 0.3 is 167 Å². The van der Waals surface area contributed by atoms with Crippen LogP contribution in [0.3, 0.4) is 0 Å². The van der Waals surface area contributed by atoms with Crippen molar-refractivity contribution in [1.82, 2.24) is 9.88 Å². The monoisotopic (exact) mass is 533 g/mol. The molecular formula is C15H20BrClIN2O4-. The summed E-state index contributed by atoms with van der Waals surface area (Å²) >= 11 is 8.63. The van der Waals surface area contributed by atoms with Crippen LogP contribution in [-0.4, -0.2) is 45.9 Å². The molecule has 2 heterocycles. The van der Waals surface area contributed by atoms with Gasteiger partial charge in [-0.1, -0.05) is 0 Å². The Balaban J connectivity index is 2.29. The predicted molar refractivity (Wildman–Crippen MR) is 89.4 cm³/mol. The van der Waals surface area contributed by atoms with Gasteiger partial charge in [0.05, 0.1) is 0 Å². The molecule has 1 aliphatic heterocycles. The van der Waals surface area contributed by atoms with Crippen LogP contribution in [0.4, 0.5) is 4.79 Å². The number of carbonyl (C=O) groups is 1. The molecule has 2 atom stereocenters. The van der Waals surface area contributed by atoms with Crippen molar-refractivity contribution in [1.29, 1.82) is 0 Å². The van der Waals surface area contributed by atoms with Gasteiger partial charge in [0, 0.05) is 0 Å². The van der Waals surface area contributed by atoms with Crippen molar-refractivity contribution in [3.05, 3.63) is 27.5 Å². The van der Waals surface area contributed by atoms with Gasteiger partial charge in [0.2, 0.25) is 0 Å². The fourth-order valence-corrected chi connectivity index (χ4v) is 5.21. The number of rotatable bonds is 3. The van der Waals surface area contributed by atoms with Crippen LogP contribution < -0.4 is 21.6 Å². The Labute approximate surface area is 166 Å². The molecule has 1 aliphatic rings. The summed E-state index contributed by atoms with van der Waals surface area (Å²) < 4.78 is 17.3. The number of hydrogen-bond acceptors (Lipinski definition) is 5. The molecule has 0 spiro atoms. The van der Waals surface area contributed by atoms with E-state index in [0.29, 0.717) is 22.9 Å². The van der Waals surface area contributed by atoms with Gasteiger partial charge in [0.15, 0.2) is 0 Å². The fourth-order valence-electron chi connectivity index (χ4n) is 2.25. The molecule has 24 heavy (non-hydrogen) atoms. The van der Waals surface area contributed by atoms with Crippen LogP contribution in [0.2, 0.25) is 5.15 Å². The van der Waals surface area contributed by atoms with Crippen molar-refractivity contribution in [3.63, 3.8) is 0 Å². The van der Waals surface area contributed by atoms with E-state index in [1.807, 2.05) is 26.8 Å². The number of alkyl halides is 1. The zero-order chi connectivity index (χ0) is 17.9. The molecule has 1 amide bonds. The first-order valence-electron chi connectivity index (χ1n) is 7.32. The predicted octanol–water partition coefficient (Wildman–Crippen LogP) is 0.782. The molecule has 1 aromatic heterocycles. The summed E-state index contributed by atoms with van der Waals surface area (Å²) in [5, 5.41) is 0.367. The van der Waals surface area contributed by atoms with Crippen LogP contribution in [0.25, 0.3) is 0 Å². The van der Waals surface area contributed by atoms with E-state index in [-0.39, 0.29) is 16.2 Å². The number of aromatic nitrogens is 1. The third-order valence-electron chi connectivity index (χ3n) is 3.10. The normalized spacial score (nSPS) is 21.8. The van der Waals surface area contributed by atoms with E-state index in [2.05, 4.69) is 20.9 Å². The summed E-state index contributed by atoms with van der Waals surface area (Å²) in [6.45, 7) is 6.44. The van der Waals surface area contributed by atoms with E-state index < -0.39 is 27.2 Å². The van der Waals surface area contributed by atoms with E-state index in [4.69, 9.17) is 24.1 Å². The number of halogens is 3. The number of carbonyl (C=O) groups excluding carboxylic acids is 1. The third-order valence-corrected chi connectivity index (χ3v) is 6.05. The van der Waals surface area contributed by atoms with E-state index in [9.17, 15) is 4.79 Å². The molecule has 136 valence electrons. The quantitative estimate of drug-likeness (QED) is 0.248.